The van der Waals surface area contributed by atoms with Crippen LogP contribution in [-0.2, 0) is 14.3 Å². The lowest BCUT2D eigenvalue weighted by Gasteiger charge is -2.22. The minimum absolute atomic E-state index is 0.165. The Morgan fingerprint density at radius 2 is 2.13 bits per heavy atom. The summed E-state index contributed by atoms with van der Waals surface area (Å²) in [6.45, 7) is 7.11. The van der Waals surface area contributed by atoms with Crippen LogP contribution in [0.1, 0.15) is 34.1 Å². The van der Waals surface area contributed by atoms with Gasteiger partial charge in [0, 0.05) is 12.3 Å². The molecule has 1 aliphatic rings. The molecule has 0 aromatic heterocycles. The second-order valence-electron chi connectivity index (χ2n) is 4.64. The molecule has 1 atom stereocenters. The summed E-state index contributed by atoms with van der Waals surface area (Å²) in [4.78, 5) is 22.6. The Morgan fingerprint density at radius 3 is 2.60 bits per heavy atom. The first-order valence-electron chi connectivity index (χ1n) is 4.89. The number of nitrogens with zero attached hydrogens (tertiary/aromatic N) is 1. The molecule has 0 radical (unpaired) electrons. The van der Waals surface area contributed by atoms with Crippen molar-refractivity contribution < 1.29 is 14.3 Å². The van der Waals surface area contributed by atoms with Gasteiger partial charge in [0.1, 0.15) is 11.3 Å². The molecule has 1 aliphatic heterocycles. The minimum atomic E-state index is -0.537. The molecule has 0 aliphatic carbocycles. The van der Waals surface area contributed by atoms with Crippen molar-refractivity contribution in [2.24, 2.45) is 11.0 Å². The van der Waals surface area contributed by atoms with Gasteiger partial charge < -0.3 is 4.74 Å². The minimum Gasteiger partial charge on any atom is -0.455 e. The fourth-order valence-corrected chi connectivity index (χ4v) is 1.13. The molecule has 0 fully saturated rings. The SMILES string of the molecule is CC1CC(C(=O)OC(C)(C)C)=NNC1=O. The highest BCUT2D eigenvalue weighted by molar-refractivity contribution is 6.37. The van der Waals surface area contributed by atoms with Crippen molar-refractivity contribution in [2.45, 2.75) is 39.7 Å². The lowest BCUT2D eigenvalue weighted by atomic mass is 10.0. The number of esters is 1. The summed E-state index contributed by atoms with van der Waals surface area (Å²) in [6.07, 6.45) is 0.334. The molecule has 1 heterocycles. The first-order valence-corrected chi connectivity index (χ1v) is 4.89. The van der Waals surface area contributed by atoms with Gasteiger partial charge in [0.15, 0.2) is 0 Å². The third-order valence-corrected chi connectivity index (χ3v) is 1.88. The van der Waals surface area contributed by atoms with Gasteiger partial charge in [-0.3, -0.25) is 4.79 Å². The molecule has 5 heteroatoms. The molecule has 0 spiro atoms. The van der Waals surface area contributed by atoms with Crippen LogP contribution in [0.4, 0.5) is 0 Å². The van der Waals surface area contributed by atoms with Crippen LogP contribution in [0.25, 0.3) is 0 Å². The lowest BCUT2D eigenvalue weighted by molar-refractivity contribution is -0.146. The van der Waals surface area contributed by atoms with Crippen LogP contribution in [0, 0.1) is 5.92 Å². The van der Waals surface area contributed by atoms with Gasteiger partial charge in [-0.05, 0) is 20.8 Å². The average molecular weight is 212 g/mol. The van der Waals surface area contributed by atoms with Crippen LogP contribution >= 0.6 is 0 Å². The van der Waals surface area contributed by atoms with E-state index in [2.05, 4.69) is 10.5 Å². The Balaban J connectivity index is 2.66. The molecular formula is C10H16N2O3. The molecule has 1 N–H and O–H groups in total. The first kappa shape index (κ1) is 11.7. The number of nitrogens with one attached hydrogen (secondary N) is 1. The molecule has 15 heavy (non-hydrogen) atoms. The van der Waals surface area contributed by atoms with Crippen molar-refractivity contribution >= 4 is 17.6 Å². The van der Waals surface area contributed by atoms with Crippen LogP contribution in [0.5, 0.6) is 0 Å². The zero-order chi connectivity index (χ0) is 11.6. The molecule has 1 amide bonds. The summed E-state index contributed by atoms with van der Waals surface area (Å²) in [5.41, 5.74) is 2.03. The number of rotatable bonds is 1. The summed E-state index contributed by atoms with van der Waals surface area (Å²) in [5.74, 6) is -0.860. The number of carbonyl (C=O) groups excluding carboxylic acids is 2. The smallest absolute Gasteiger partial charge is 0.355 e. The standard InChI is InChI=1S/C10H16N2O3/c1-6-5-7(11-12-8(6)13)9(14)15-10(2,3)4/h6H,5H2,1-4H3,(H,12,13). The number of carbonyl (C=O) groups is 2. The predicted molar refractivity (Wildman–Crippen MR) is 55.2 cm³/mol. The van der Waals surface area contributed by atoms with Gasteiger partial charge in [-0.25, -0.2) is 10.2 Å². The molecule has 0 saturated heterocycles. The average Bonchev–Trinajstić information content (AvgIpc) is 2.06. The van der Waals surface area contributed by atoms with Gasteiger partial charge in [0.25, 0.3) is 0 Å². The Hall–Kier alpha value is -1.39. The van der Waals surface area contributed by atoms with Crippen LogP contribution in [0.3, 0.4) is 0 Å². The highest BCUT2D eigenvalue weighted by atomic mass is 16.6. The monoisotopic (exact) mass is 212 g/mol. The summed E-state index contributed by atoms with van der Waals surface area (Å²) >= 11 is 0. The third kappa shape index (κ3) is 3.34. The number of hydrazone groups is 1. The number of hydrogen-bond donors (Lipinski definition) is 1. The molecule has 5 nitrogen and oxygen atoms in total. The zero-order valence-corrected chi connectivity index (χ0v) is 9.46. The van der Waals surface area contributed by atoms with Gasteiger partial charge in [0.2, 0.25) is 5.91 Å². The normalized spacial score (nSPS) is 21.7. The van der Waals surface area contributed by atoms with Crippen LogP contribution < -0.4 is 5.43 Å². The van der Waals surface area contributed by atoms with Crippen LogP contribution in [-0.4, -0.2) is 23.2 Å². The van der Waals surface area contributed by atoms with Gasteiger partial charge in [-0.1, -0.05) is 6.92 Å². The highest BCUT2D eigenvalue weighted by Gasteiger charge is 2.28. The van der Waals surface area contributed by atoms with Crippen molar-refractivity contribution in [2.75, 3.05) is 0 Å². The topological polar surface area (TPSA) is 67.8 Å². The fraction of sp³-hybridized carbons (Fsp3) is 0.700. The number of hydrogen-bond acceptors (Lipinski definition) is 4. The van der Waals surface area contributed by atoms with E-state index in [0.29, 0.717) is 6.42 Å². The molecule has 1 rings (SSSR count). The summed E-state index contributed by atoms with van der Waals surface area (Å²) in [5, 5.41) is 3.69. The summed E-state index contributed by atoms with van der Waals surface area (Å²) in [7, 11) is 0. The Morgan fingerprint density at radius 1 is 1.53 bits per heavy atom. The van der Waals surface area contributed by atoms with E-state index < -0.39 is 11.6 Å². The molecule has 0 aromatic rings. The van der Waals surface area contributed by atoms with Gasteiger partial charge >= 0.3 is 5.97 Å². The van der Waals surface area contributed by atoms with Gasteiger partial charge in [-0.15, -0.1) is 0 Å². The number of amides is 1. The van der Waals surface area contributed by atoms with Crippen LogP contribution in [0.2, 0.25) is 0 Å². The number of ether oxygens (including phenoxy) is 1. The van der Waals surface area contributed by atoms with E-state index in [0.717, 1.165) is 0 Å². The van der Waals surface area contributed by atoms with Gasteiger partial charge in [0.05, 0.1) is 0 Å². The molecule has 84 valence electrons. The van der Waals surface area contributed by atoms with Crippen molar-refractivity contribution in [1.29, 1.82) is 0 Å². The molecule has 0 aromatic carbocycles. The van der Waals surface area contributed by atoms with Gasteiger partial charge in [-0.2, -0.15) is 5.10 Å². The van der Waals surface area contributed by atoms with Crippen molar-refractivity contribution in [1.82, 2.24) is 5.43 Å². The van der Waals surface area contributed by atoms with E-state index >= 15 is 0 Å². The van der Waals surface area contributed by atoms with E-state index in [4.69, 9.17) is 4.74 Å². The van der Waals surface area contributed by atoms with Crippen LogP contribution in [0.15, 0.2) is 5.10 Å². The molecule has 1 unspecified atom stereocenters. The molecule has 0 saturated carbocycles. The van der Waals surface area contributed by atoms with E-state index in [-0.39, 0.29) is 17.5 Å². The fourth-order valence-electron chi connectivity index (χ4n) is 1.13. The van der Waals surface area contributed by atoms with E-state index in [1.807, 2.05) is 0 Å². The molecular weight excluding hydrogens is 196 g/mol. The van der Waals surface area contributed by atoms with E-state index in [1.54, 1.807) is 27.7 Å². The Labute approximate surface area is 88.9 Å². The summed E-state index contributed by atoms with van der Waals surface area (Å²) < 4.78 is 5.14. The first-order chi connectivity index (χ1) is 6.79. The van der Waals surface area contributed by atoms with E-state index in [9.17, 15) is 9.59 Å². The van der Waals surface area contributed by atoms with Crippen molar-refractivity contribution in [3.63, 3.8) is 0 Å². The maximum atomic E-state index is 11.6. The third-order valence-electron chi connectivity index (χ3n) is 1.88. The second-order valence-corrected chi connectivity index (χ2v) is 4.64. The van der Waals surface area contributed by atoms with Crippen molar-refractivity contribution in [3.8, 4) is 0 Å². The van der Waals surface area contributed by atoms with E-state index in [1.165, 1.54) is 0 Å². The predicted octanol–water partition coefficient (Wildman–Crippen LogP) is 0.840. The van der Waals surface area contributed by atoms with Crippen molar-refractivity contribution in [3.05, 3.63) is 0 Å². The highest BCUT2D eigenvalue weighted by Crippen LogP contribution is 2.13. The largest absolute Gasteiger partial charge is 0.455 e. The maximum Gasteiger partial charge on any atom is 0.355 e. The summed E-state index contributed by atoms with van der Waals surface area (Å²) in [6, 6.07) is 0. The Kier molecular flexibility index (Phi) is 3.12. The maximum absolute atomic E-state index is 11.6. The molecule has 0 bridgehead atoms. The second kappa shape index (κ2) is 4.00. The Bertz CT molecular complexity index is 315. The quantitative estimate of drug-likeness (QED) is 0.655. The lowest BCUT2D eigenvalue weighted by Crippen LogP contribution is -2.38. The zero-order valence-electron chi connectivity index (χ0n) is 9.46.